The van der Waals surface area contributed by atoms with E-state index in [1.165, 1.54) is 0 Å². The number of hydrogen-bond donors (Lipinski definition) is 0. The van der Waals surface area contributed by atoms with Gasteiger partial charge in [-0.2, -0.15) is 13.5 Å². The van der Waals surface area contributed by atoms with Gasteiger partial charge in [0.25, 0.3) is 3.12 Å². The highest BCUT2D eigenvalue weighted by Crippen LogP contribution is 2.46. The van der Waals surface area contributed by atoms with Crippen LogP contribution in [0.15, 0.2) is 12.2 Å². The molecule has 0 saturated carbocycles. The van der Waals surface area contributed by atoms with Gasteiger partial charge in [0.2, 0.25) is 11.8 Å². The zero-order valence-electron chi connectivity index (χ0n) is 8.53. The van der Waals surface area contributed by atoms with Crippen molar-refractivity contribution in [2.24, 2.45) is 11.8 Å². The molecule has 0 N–H and O–H groups in total. The number of nitrogens with zero attached hydrogens (tertiary/aromatic N) is 1. The SMILES string of the molecule is O=C1C2C=CCCC2C(=O)N1SC(Cl)(Cl)Cl.S. The number of fused-ring (bicyclic) bond motifs is 1. The minimum absolute atomic E-state index is 0. The first kappa shape index (κ1) is 15.5. The Hall–Kier alpha value is 0.450. The summed E-state index contributed by atoms with van der Waals surface area (Å²) in [4.78, 5) is 23.8. The fourth-order valence-electron chi connectivity index (χ4n) is 1.95. The van der Waals surface area contributed by atoms with Gasteiger partial charge in [-0.15, -0.1) is 0 Å². The van der Waals surface area contributed by atoms with Crippen LogP contribution in [0.5, 0.6) is 0 Å². The van der Waals surface area contributed by atoms with Crippen molar-refractivity contribution < 1.29 is 9.59 Å². The molecule has 1 saturated heterocycles. The van der Waals surface area contributed by atoms with Gasteiger partial charge in [-0.1, -0.05) is 47.0 Å². The molecule has 2 amide bonds. The summed E-state index contributed by atoms with van der Waals surface area (Å²) in [6.45, 7) is 0. The second-order valence-electron chi connectivity index (χ2n) is 3.65. The van der Waals surface area contributed by atoms with Crippen LogP contribution < -0.4 is 0 Å². The van der Waals surface area contributed by atoms with Crippen molar-refractivity contribution in [3.8, 4) is 0 Å². The molecule has 1 aliphatic carbocycles. The average Bonchev–Trinajstić information content (AvgIpc) is 2.43. The van der Waals surface area contributed by atoms with E-state index in [2.05, 4.69) is 0 Å². The van der Waals surface area contributed by atoms with Crippen LogP contribution in [0.3, 0.4) is 0 Å². The molecular weight excluding hydrogens is 325 g/mol. The first-order valence-electron chi connectivity index (χ1n) is 4.70. The number of carbonyl (C=O) groups excluding carboxylic acids is 2. The van der Waals surface area contributed by atoms with Gasteiger partial charge in [-0.05, 0) is 12.8 Å². The second-order valence-corrected chi connectivity index (χ2v) is 7.76. The molecule has 0 aromatic carbocycles. The van der Waals surface area contributed by atoms with Crippen molar-refractivity contribution in [3.63, 3.8) is 0 Å². The van der Waals surface area contributed by atoms with Gasteiger partial charge in [0.15, 0.2) is 0 Å². The Kier molecular flexibility index (Phi) is 5.12. The minimum Gasteiger partial charge on any atom is -0.273 e. The summed E-state index contributed by atoms with van der Waals surface area (Å²) in [6.07, 6.45) is 5.18. The molecule has 2 aliphatic rings. The van der Waals surface area contributed by atoms with E-state index in [0.29, 0.717) is 18.4 Å². The number of alkyl halides is 3. The van der Waals surface area contributed by atoms with E-state index in [0.717, 1.165) is 10.7 Å². The van der Waals surface area contributed by atoms with Crippen molar-refractivity contribution in [1.82, 2.24) is 4.31 Å². The lowest BCUT2D eigenvalue weighted by Crippen LogP contribution is -2.26. The van der Waals surface area contributed by atoms with Crippen LogP contribution in [0.4, 0.5) is 0 Å². The highest BCUT2D eigenvalue weighted by Gasteiger charge is 2.49. The minimum atomic E-state index is -1.69. The van der Waals surface area contributed by atoms with E-state index in [-0.39, 0.29) is 37.1 Å². The van der Waals surface area contributed by atoms with Crippen LogP contribution in [-0.2, 0) is 9.59 Å². The molecule has 17 heavy (non-hydrogen) atoms. The average molecular weight is 335 g/mol. The predicted octanol–water partition coefficient (Wildman–Crippen LogP) is 3.03. The summed E-state index contributed by atoms with van der Waals surface area (Å²) in [5, 5.41) is 0. The largest absolute Gasteiger partial charge is 0.273 e. The Balaban J connectivity index is 0.00000144. The highest BCUT2D eigenvalue weighted by molar-refractivity contribution is 8.03. The molecule has 1 heterocycles. The predicted molar refractivity (Wildman–Crippen MR) is 75.5 cm³/mol. The second kappa shape index (κ2) is 5.61. The highest BCUT2D eigenvalue weighted by atomic mass is 35.6. The molecule has 2 atom stereocenters. The monoisotopic (exact) mass is 333 g/mol. The Morgan fingerprint density at radius 3 is 2.47 bits per heavy atom. The number of amides is 2. The lowest BCUT2D eigenvalue weighted by Gasteiger charge is -2.17. The summed E-state index contributed by atoms with van der Waals surface area (Å²) in [5.41, 5.74) is 0. The van der Waals surface area contributed by atoms with E-state index in [1.54, 1.807) is 6.08 Å². The fraction of sp³-hybridized carbons (Fsp3) is 0.556. The smallest absolute Gasteiger partial charge is 0.256 e. The molecule has 2 rings (SSSR count). The molecule has 0 aromatic heterocycles. The maximum Gasteiger partial charge on any atom is 0.256 e. The third-order valence-corrected chi connectivity index (χ3v) is 3.99. The summed E-state index contributed by atoms with van der Waals surface area (Å²) < 4.78 is -0.708. The van der Waals surface area contributed by atoms with E-state index in [4.69, 9.17) is 34.8 Å². The molecule has 3 nitrogen and oxygen atoms in total. The molecule has 1 aliphatic heterocycles. The number of allylic oxidation sites excluding steroid dienone is 1. The third-order valence-electron chi connectivity index (χ3n) is 2.62. The van der Waals surface area contributed by atoms with Crippen LogP contribution >= 0.6 is 60.2 Å². The van der Waals surface area contributed by atoms with Crippen molar-refractivity contribution in [2.45, 2.75) is 16.0 Å². The van der Waals surface area contributed by atoms with Gasteiger partial charge in [0.05, 0.1) is 11.8 Å². The van der Waals surface area contributed by atoms with Gasteiger partial charge in [-0.3, -0.25) is 9.59 Å². The van der Waals surface area contributed by atoms with Gasteiger partial charge < -0.3 is 0 Å². The first-order chi connectivity index (χ1) is 7.40. The number of hydrogen-bond acceptors (Lipinski definition) is 3. The van der Waals surface area contributed by atoms with Crippen molar-refractivity contribution in [3.05, 3.63) is 12.2 Å². The van der Waals surface area contributed by atoms with Gasteiger partial charge >= 0.3 is 0 Å². The van der Waals surface area contributed by atoms with Gasteiger partial charge in [0.1, 0.15) is 0 Å². The summed E-state index contributed by atoms with van der Waals surface area (Å²) >= 11 is 17.4. The van der Waals surface area contributed by atoms with Crippen molar-refractivity contribution >= 4 is 72.1 Å². The van der Waals surface area contributed by atoms with E-state index >= 15 is 0 Å². The molecular formula is C9H10Cl3NO2S2. The Bertz CT molecular complexity index is 370. The maximum absolute atomic E-state index is 11.9. The Morgan fingerprint density at radius 1 is 1.29 bits per heavy atom. The van der Waals surface area contributed by atoms with E-state index in [9.17, 15) is 9.59 Å². The summed E-state index contributed by atoms with van der Waals surface area (Å²) in [7, 11) is 0. The molecule has 96 valence electrons. The maximum atomic E-state index is 11.9. The van der Waals surface area contributed by atoms with Crippen LogP contribution in [-0.4, -0.2) is 19.2 Å². The Labute approximate surface area is 125 Å². The van der Waals surface area contributed by atoms with Crippen molar-refractivity contribution in [1.29, 1.82) is 0 Å². The molecule has 0 radical (unpaired) electrons. The first-order valence-corrected chi connectivity index (χ1v) is 6.61. The standard InChI is InChI=1S/C9H8Cl3NO2S.H2S/c10-9(11,12)16-13-7(14)5-3-1-2-4-6(5)8(13)15;/h1,3,5-6H,2,4H2;1H2. The molecule has 8 heteroatoms. The fourth-order valence-corrected chi connectivity index (χ4v) is 3.22. The van der Waals surface area contributed by atoms with Crippen LogP contribution in [0.1, 0.15) is 12.8 Å². The van der Waals surface area contributed by atoms with E-state index in [1.807, 2.05) is 6.08 Å². The number of halogens is 3. The Morgan fingerprint density at radius 2 is 1.94 bits per heavy atom. The third kappa shape index (κ3) is 3.26. The van der Waals surface area contributed by atoms with Crippen LogP contribution in [0.25, 0.3) is 0 Å². The van der Waals surface area contributed by atoms with Crippen molar-refractivity contribution in [2.75, 3.05) is 0 Å². The van der Waals surface area contributed by atoms with E-state index < -0.39 is 3.12 Å². The summed E-state index contributed by atoms with van der Waals surface area (Å²) in [6, 6.07) is 0. The normalized spacial score (nSPS) is 28.1. The van der Waals surface area contributed by atoms with Crippen LogP contribution in [0, 0.1) is 11.8 Å². The van der Waals surface area contributed by atoms with Gasteiger partial charge in [0, 0.05) is 11.9 Å². The molecule has 0 bridgehead atoms. The van der Waals surface area contributed by atoms with Gasteiger partial charge in [-0.25, -0.2) is 4.31 Å². The zero-order chi connectivity index (χ0) is 11.9. The lowest BCUT2D eigenvalue weighted by molar-refractivity contribution is -0.133. The number of rotatable bonds is 1. The summed E-state index contributed by atoms with van der Waals surface area (Å²) in [5.74, 6) is -1.20. The molecule has 0 spiro atoms. The number of carbonyl (C=O) groups is 2. The molecule has 1 fully saturated rings. The zero-order valence-corrected chi connectivity index (χ0v) is 12.6. The molecule has 2 unspecified atom stereocenters. The van der Waals surface area contributed by atoms with Crippen LogP contribution in [0.2, 0.25) is 0 Å². The number of imide groups is 1. The quantitative estimate of drug-likeness (QED) is 0.320. The molecule has 0 aromatic rings. The lowest BCUT2D eigenvalue weighted by atomic mass is 9.86. The topological polar surface area (TPSA) is 37.4 Å².